The molecule has 0 saturated carbocycles. The molecule has 20 heavy (non-hydrogen) atoms. The number of hydrogen-bond acceptors (Lipinski definition) is 4. The lowest BCUT2D eigenvalue weighted by molar-refractivity contribution is 0.690. The van der Waals surface area contributed by atoms with Gasteiger partial charge in [-0.15, -0.1) is 5.10 Å². The van der Waals surface area contributed by atoms with Crippen molar-refractivity contribution < 1.29 is 0 Å². The van der Waals surface area contributed by atoms with E-state index in [0.717, 1.165) is 18.4 Å². The molecule has 0 bridgehead atoms. The highest BCUT2D eigenvalue weighted by Crippen LogP contribution is 2.10. The number of rotatable bonds is 6. The van der Waals surface area contributed by atoms with Gasteiger partial charge >= 0.3 is 5.69 Å². The summed E-state index contributed by atoms with van der Waals surface area (Å²) in [6.07, 6.45) is 1.97. The van der Waals surface area contributed by atoms with Crippen LogP contribution < -0.4 is 16.1 Å². The first-order valence-corrected chi connectivity index (χ1v) is 6.68. The molecule has 6 heteroatoms. The Morgan fingerprint density at radius 3 is 2.60 bits per heavy atom. The number of anilines is 1. The normalized spacial score (nSPS) is 10.4. The van der Waals surface area contributed by atoms with E-state index in [-0.39, 0.29) is 5.82 Å². The topological polar surface area (TPSA) is 81.8 Å². The van der Waals surface area contributed by atoms with E-state index < -0.39 is 11.2 Å². The lowest BCUT2D eigenvalue weighted by atomic mass is 10.2. The Morgan fingerprint density at radius 2 is 1.95 bits per heavy atom. The second-order valence-electron chi connectivity index (χ2n) is 4.59. The summed E-state index contributed by atoms with van der Waals surface area (Å²) in [4.78, 5) is 27.0. The summed E-state index contributed by atoms with van der Waals surface area (Å²) < 4.78 is 0. The van der Waals surface area contributed by atoms with E-state index >= 15 is 0 Å². The summed E-state index contributed by atoms with van der Waals surface area (Å²) in [5.41, 5.74) is 0.0469. The van der Waals surface area contributed by atoms with Gasteiger partial charge in [-0.05, 0) is 12.0 Å². The van der Waals surface area contributed by atoms with Crippen LogP contribution in [0.2, 0.25) is 0 Å². The van der Waals surface area contributed by atoms with E-state index in [2.05, 4.69) is 22.1 Å². The first kappa shape index (κ1) is 14.0. The van der Waals surface area contributed by atoms with Crippen molar-refractivity contribution >= 4 is 5.82 Å². The van der Waals surface area contributed by atoms with Crippen LogP contribution in [0.4, 0.5) is 5.82 Å². The van der Waals surface area contributed by atoms with Crippen molar-refractivity contribution in [3.8, 4) is 0 Å². The minimum absolute atomic E-state index is 0.252. The Morgan fingerprint density at radius 1 is 1.20 bits per heavy atom. The van der Waals surface area contributed by atoms with Crippen molar-refractivity contribution in [2.45, 2.75) is 26.3 Å². The predicted molar refractivity (Wildman–Crippen MR) is 77.9 cm³/mol. The van der Waals surface area contributed by atoms with Crippen LogP contribution in [0, 0.1) is 0 Å². The molecule has 0 fully saturated rings. The molecular weight excluding hydrogens is 256 g/mol. The van der Waals surface area contributed by atoms with Gasteiger partial charge in [0.05, 0.1) is 0 Å². The van der Waals surface area contributed by atoms with Crippen LogP contribution in [0.3, 0.4) is 0 Å². The van der Waals surface area contributed by atoms with Gasteiger partial charge in [0, 0.05) is 13.1 Å². The molecule has 1 aromatic heterocycles. The zero-order valence-electron chi connectivity index (χ0n) is 11.4. The zero-order valence-corrected chi connectivity index (χ0v) is 11.4. The third-order valence-electron chi connectivity index (χ3n) is 2.99. The summed E-state index contributed by atoms with van der Waals surface area (Å²) in [6.45, 7) is 3.39. The van der Waals surface area contributed by atoms with Crippen LogP contribution in [0.15, 0.2) is 39.9 Å². The molecule has 0 spiro atoms. The fourth-order valence-electron chi connectivity index (χ4n) is 1.97. The molecule has 0 aliphatic carbocycles. The van der Waals surface area contributed by atoms with E-state index in [9.17, 15) is 9.59 Å². The Hall–Kier alpha value is -2.37. The minimum atomic E-state index is -0.589. The first-order chi connectivity index (χ1) is 9.70. The number of H-pyrrole nitrogens is 2. The van der Waals surface area contributed by atoms with Crippen LogP contribution in [0.1, 0.15) is 25.3 Å². The zero-order chi connectivity index (χ0) is 14.4. The van der Waals surface area contributed by atoms with Crippen LogP contribution in [0.5, 0.6) is 0 Å². The molecule has 0 amide bonds. The fraction of sp³-hybridized carbons (Fsp3) is 0.357. The molecule has 1 heterocycles. The van der Waals surface area contributed by atoms with Gasteiger partial charge in [0.25, 0.3) is 5.56 Å². The van der Waals surface area contributed by atoms with E-state index in [0.29, 0.717) is 13.1 Å². The monoisotopic (exact) mass is 274 g/mol. The average molecular weight is 274 g/mol. The van der Waals surface area contributed by atoms with Crippen LogP contribution >= 0.6 is 0 Å². The van der Waals surface area contributed by atoms with Crippen LogP contribution in [0.25, 0.3) is 0 Å². The first-order valence-electron chi connectivity index (χ1n) is 6.68. The van der Waals surface area contributed by atoms with Crippen molar-refractivity contribution in [3.63, 3.8) is 0 Å². The molecule has 0 atom stereocenters. The van der Waals surface area contributed by atoms with E-state index in [1.54, 1.807) is 0 Å². The summed E-state index contributed by atoms with van der Waals surface area (Å²) >= 11 is 0. The molecule has 2 rings (SSSR count). The van der Waals surface area contributed by atoms with Crippen molar-refractivity contribution in [1.82, 2.24) is 15.2 Å². The number of unbranched alkanes of at least 4 members (excludes halogenated alkanes) is 1. The van der Waals surface area contributed by atoms with Crippen LogP contribution in [-0.2, 0) is 6.54 Å². The summed E-state index contributed by atoms with van der Waals surface area (Å²) in [5, 5.41) is 6.15. The molecule has 0 aliphatic heterocycles. The minimum Gasteiger partial charge on any atom is -0.346 e. The SMILES string of the molecule is CCCCN(Cc1ccccc1)c1n[nH]c(=O)[nH]c1=O. The van der Waals surface area contributed by atoms with Crippen molar-refractivity contribution in [2.75, 3.05) is 11.4 Å². The number of aromatic amines is 2. The van der Waals surface area contributed by atoms with Crippen molar-refractivity contribution in [1.29, 1.82) is 0 Å². The van der Waals surface area contributed by atoms with E-state index in [1.807, 2.05) is 35.2 Å². The molecule has 1 aromatic carbocycles. The number of benzene rings is 1. The standard InChI is InChI=1S/C14H18N4O2/c1-2-3-9-18(10-11-7-5-4-6-8-11)12-13(19)15-14(20)17-16-12/h4-8H,2-3,9-10H2,1H3,(H2,15,17,19,20). The van der Waals surface area contributed by atoms with Gasteiger partial charge in [0.1, 0.15) is 0 Å². The summed E-state index contributed by atoms with van der Waals surface area (Å²) in [7, 11) is 0. The number of nitrogens with one attached hydrogen (secondary N) is 2. The maximum Gasteiger partial charge on any atom is 0.342 e. The second kappa shape index (κ2) is 6.70. The number of nitrogens with zero attached hydrogens (tertiary/aromatic N) is 2. The third kappa shape index (κ3) is 3.57. The Balaban J connectivity index is 2.27. The van der Waals surface area contributed by atoms with Gasteiger partial charge in [-0.3, -0.25) is 9.78 Å². The molecule has 0 unspecified atom stereocenters. The third-order valence-corrected chi connectivity index (χ3v) is 2.99. The van der Waals surface area contributed by atoms with E-state index in [4.69, 9.17) is 0 Å². The fourth-order valence-corrected chi connectivity index (χ4v) is 1.97. The largest absolute Gasteiger partial charge is 0.346 e. The summed E-state index contributed by atoms with van der Waals surface area (Å²) in [5.74, 6) is 0.252. The molecule has 6 nitrogen and oxygen atoms in total. The Kier molecular flexibility index (Phi) is 4.70. The molecule has 2 aromatic rings. The number of aromatic nitrogens is 3. The smallest absolute Gasteiger partial charge is 0.342 e. The highest BCUT2D eigenvalue weighted by atomic mass is 16.2. The molecular formula is C14H18N4O2. The molecule has 106 valence electrons. The molecule has 0 radical (unpaired) electrons. The molecule has 0 saturated heterocycles. The van der Waals surface area contributed by atoms with Crippen LogP contribution in [-0.4, -0.2) is 21.7 Å². The quantitative estimate of drug-likeness (QED) is 0.831. The average Bonchev–Trinajstić information content (AvgIpc) is 2.45. The van der Waals surface area contributed by atoms with Gasteiger partial charge in [0.15, 0.2) is 0 Å². The molecule has 2 N–H and O–H groups in total. The van der Waals surface area contributed by atoms with Crippen molar-refractivity contribution in [3.05, 3.63) is 56.7 Å². The highest BCUT2D eigenvalue weighted by Gasteiger charge is 2.13. The Labute approximate surface area is 116 Å². The lowest BCUT2D eigenvalue weighted by Crippen LogP contribution is -2.35. The van der Waals surface area contributed by atoms with Gasteiger partial charge in [0.2, 0.25) is 5.82 Å². The summed E-state index contributed by atoms with van der Waals surface area (Å²) in [6, 6.07) is 9.86. The van der Waals surface area contributed by atoms with Gasteiger partial charge in [-0.2, -0.15) is 0 Å². The maximum atomic E-state index is 11.9. The van der Waals surface area contributed by atoms with Gasteiger partial charge in [-0.25, -0.2) is 9.89 Å². The maximum absolute atomic E-state index is 11.9. The molecule has 0 aliphatic rings. The van der Waals surface area contributed by atoms with Gasteiger partial charge < -0.3 is 4.90 Å². The number of hydrogen-bond donors (Lipinski definition) is 2. The van der Waals surface area contributed by atoms with E-state index in [1.165, 1.54) is 0 Å². The highest BCUT2D eigenvalue weighted by molar-refractivity contribution is 5.35. The van der Waals surface area contributed by atoms with Gasteiger partial charge in [-0.1, -0.05) is 43.7 Å². The second-order valence-corrected chi connectivity index (χ2v) is 4.59. The lowest BCUT2D eigenvalue weighted by Gasteiger charge is -2.22. The predicted octanol–water partition coefficient (Wildman–Crippen LogP) is 1.26. The van der Waals surface area contributed by atoms with Crippen molar-refractivity contribution in [2.24, 2.45) is 0 Å². The Bertz CT molecular complexity index is 648.